The molecule has 5 unspecified atom stereocenters. The van der Waals surface area contributed by atoms with E-state index in [1.807, 2.05) is 0 Å². The average molecular weight is 475 g/mol. The normalized spacial score (nSPS) is 15.3. The highest BCUT2D eigenvalue weighted by atomic mass is 16.4. The van der Waals surface area contributed by atoms with Crippen molar-refractivity contribution in [2.45, 2.75) is 57.0 Å². The number of H-pyrrole nitrogens is 1. The maximum absolute atomic E-state index is 12.9. The summed E-state index contributed by atoms with van der Waals surface area (Å²) in [5.41, 5.74) is 6.93. The second-order valence-electron chi connectivity index (χ2n) is 7.93. The molecule has 2 aromatic rings. The van der Waals surface area contributed by atoms with Gasteiger partial charge in [0.15, 0.2) is 0 Å². The Bertz CT molecular complexity index is 966. The van der Waals surface area contributed by atoms with Crippen LogP contribution < -0.4 is 21.7 Å². The minimum Gasteiger partial charge on any atom is -0.480 e. The molecule has 1 aromatic heterocycles. The Kier molecular flexibility index (Phi) is 9.71. The van der Waals surface area contributed by atoms with Crippen LogP contribution in [0.4, 0.5) is 0 Å². The Morgan fingerprint density at radius 3 is 2.18 bits per heavy atom. The number of amides is 3. The SMILES string of the molecule is CC(NC(=O)C(Cc1ccccc1)NC(=O)C(N)C(C)O)C(=O)NC(Cc1cnc[nH]1)C(=O)O. The molecule has 12 heteroatoms. The fourth-order valence-corrected chi connectivity index (χ4v) is 3.04. The largest absolute Gasteiger partial charge is 0.480 e. The number of hydrogen-bond donors (Lipinski definition) is 7. The van der Waals surface area contributed by atoms with Crippen LogP contribution in [0.5, 0.6) is 0 Å². The van der Waals surface area contributed by atoms with Gasteiger partial charge in [-0.15, -0.1) is 0 Å². The predicted molar refractivity (Wildman–Crippen MR) is 121 cm³/mol. The summed E-state index contributed by atoms with van der Waals surface area (Å²) >= 11 is 0. The molecule has 0 aliphatic carbocycles. The van der Waals surface area contributed by atoms with Crippen LogP contribution >= 0.6 is 0 Å². The number of nitrogens with two attached hydrogens (primary N) is 1. The van der Waals surface area contributed by atoms with E-state index in [9.17, 15) is 29.4 Å². The van der Waals surface area contributed by atoms with Crippen molar-refractivity contribution in [3.8, 4) is 0 Å². The minimum atomic E-state index is -1.25. The molecule has 0 aliphatic heterocycles. The number of carboxylic acid groups (broad SMARTS) is 1. The third-order valence-corrected chi connectivity index (χ3v) is 5.08. The summed E-state index contributed by atoms with van der Waals surface area (Å²) in [5.74, 6) is -3.36. The quantitative estimate of drug-likeness (QED) is 0.192. The summed E-state index contributed by atoms with van der Waals surface area (Å²) in [5, 5.41) is 26.4. The highest BCUT2D eigenvalue weighted by Gasteiger charge is 2.29. The molecule has 5 atom stereocenters. The molecule has 184 valence electrons. The number of nitrogens with zero attached hydrogens (tertiary/aromatic N) is 1. The number of aliphatic hydroxyl groups excluding tert-OH is 1. The van der Waals surface area contributed by atoms with Crippen molar-refractivity contribution in [2.75, 3.05) is 0 Å². The number of nitrogens with one attached hydrogen (secondary N) is 4. The molecule has 1 heterocycles. The maximum atomic E-state index is 12.9. The number of rotatable bonds is 12. The Labute approximate surface area is 196 Å². The van der Waals surface area contributed by atoms with Crippen LogP contribution in [0.25, 0.3) is 0 Å². The first kappa shape index (κ1) is 26.5. The van der Waals surface area contributed by atoms with Crippen molar-refractivity contribution in [3.05, 3.63) is 54.1 Å². The van der Waals surface area contributed by atoms with Crippen LogP contribution in [0.2, 0.25) is 0 Å². The second kappa shape index (κ2) is 12.5. The van der Waals surface area contributed by atoms with Crippen molar-refractivity contribution < 1.29 is 29.4 Å². The van der Waals surface area contributed by atoms with E-state index >= 15 is 0 Å². The van der Waals surface area contributed by atoms with E-state index in [0.717, 1.165) is 5.56 Å². The summed E-state index contributed by atoms with van der Waals surface area (Å²) in [7, 11) is 0. The monoisotopic (exact) mass is 474 g/mol. The van der Waals surface area contributed by atoms with Crippen LogP contribution in [-0.4, -0.2) is 74.1 Å². The number of benzene rings is 1. The third kappa shape index (κ3) is 7.98. The predicted octanol–water partition coefficient (Wildman–Crippen LogP) is -1.54. The molecule has 8 N–H and O–H groups in total. The number of aromatic amines is 1. The van der Waals surface area contributed by atoms with Crippen LogP contribution in [0, 0.1) is 0 Å². The molecular weight excluding hydrogens is 444 g/mol. The van der Waals surface area contributed by atoms with E-state index in [1.54, 1.807) is 30.3 Å². The van der Waals surface area contributed by atoms with Crippen LogP contribution in [-0.2, 0) is 32.0 Å². The van der Waals surface area contributed by atoms with Gasteiger partial charge in [0.1, 0.15) is 24.2 Å². The highest BCUT2D eigenvalue weighted by molar-refractivity contribution is 5.94. The van der Waals surface area contributed by atoms with Gasteiger partial charge in [-0.3, -0.25) is 14.4 Å². The van der Waals surface area contributed by atoms with Crippen molar-refractivity contribution in [3.63, 3.8) is 0 Å². The molecule has 34 heavy (non-hydrogen) atoms. The average Bonchev–Trinajstić information content (AvgIpc) is 3.31. The standard InChI is InChI=1S/C22H30N6O6/c1-12(19(30)28-17(22(33)34)9-15-10-24-11-25-15)26-20(31)16(8-14-6-4-3-5-7-14)27-21(32)18(23)13(2)29/h3-7,10-13,16-18,29H,8-9,23H2,1-2H3,(H,24,25)(H,26,31)(H,27,32)(H,28,30)(H,33,34). The molecule has 2 rings (SSSR count). The summed E-state index contributed by atoms with van der Waals surface area (Å²) in [4.78, 5) is 56.0. The van der Waals surface area contributed by atoms with Gasteiger partial charge >= 0.3 is 5.97 Å². The van der Waals surface area contributed by atoms with E-state index in [0.29, 0.717) is 5.69 Å². The smallest absolute Gasteiger partial charge is 0.326 e. The van der Waals surface area contributed by atoms with Gasteiger partial charge in [0.25, 0.3) is 0 Å². The molecule has 0 spiro atoms. The lowest BCUT2D eigenvalue weighted by atomic mass is 10.0. The number of aliphatic hydroxyl groups is 1. The zero-order valence-corrected chi connectivity index (χ0v) is 18.9. The van der Waals surface area contributed by atoms with E-state index in [1.165, 1.54) is 26.4 Å². The Morgan fingerprint density at radius 1 is 0.971 bits per heavy atom. The van der Waals surface area contributed by atoms with E-state index in [2.05, 4.69) is 25.9 Å². The maximum Gasteiger partial charge on any atom is 0.326 e. The van der Waals surface area contributed by atoms with Crippen LogP contribution in [0.3, 0.4) is 0 Å². The van der Waals surface area contributed by atoms with Gasteiger partial charge in [-0.1, -0.05) is 30.3 Å². The number of aromatic nitrogens is 2. The molecule has 1 aromatic carbocycles. The van der Waals surface area contributed by atoms with E-state index < -0.39 is 54.0 Å². The molecule has 0 saturated carbocycles. The Balaban J connectivity index is 2.06. The molecule has 0 radical (unpaired) electrons. The number of aliphatic carboxylic acids is 1. The van der Waals surface area contributed by atoms with Crippen molar-refractivity contribution in [2.24, 2.45) is 5.73 Å². The Hall–Kier alpha value is -3.77. The minimum absolute atomic E-state index is 0.0222. The zero-order valence-electron chi connectivity index (χ0n) is 18.9. The summed E-state index contributed by atoms with van der Waals surface area (Å²) in [6.07, 6.45) is 1.79. The van der Waals surface area contributed by atoms with Crippen LogP contribution in [0.15, 0.2) is 42.9 Å². The van der Waals surface area contributed by atoms with Crippen LogP contribution in [0.1, 0.15) is 25.1 Å². The first-order chi connectivity index (χ1) is 16.1. The van der Waals surface area contributed by atoms with Gasteiger partial charge in [-0.25, -0.2) is 9.78 Å². The molecule has 0 saturated heterocycles. The fourth-order valence-electron chi connectivity index (χ4n) is 3.04. The zero-order chi connectivity index (χ0) is 25.3. The van der Waals surface area contributed by atoms with Gasteiger partial charge in [-0.05, 0) is 19.4 Å². The summed E-state index contributed by atoms with van der Waals surface area (Å²) < 4.78 is 0. The first-order valence-electron chi connectivity index (χ1n) is 10.7. The topological polar surface area (TPSA) is 200 Å². The molecular formula is C22H30N6O6. The fraction of sp³-hybridized carbons (Fsp3) is 0.409. The molecule has 12 nitrogen and oxygen atoms in total. The van der Waals surface area contributed by atoms with E-state index in [-0.39, 0.29) is 12.8 Å². The number of carboxylic acids is 1. The highest BCUT2D eigenvalue weighted by Crippen LogP contribution is 2.05. The van der Waals surface area contributed by atoms with Gasteiger partial charge in [0.2, 0.25) is 17.7 Å². The second-order valence-corrected chi connectivity index (χ2v) is 7.93. The molecule has 0 fully saturated rings. The van der Waals surface area contributed by atoms with Crippen molar-refractivity contribution >= 4 is 23.7 Å². The van der Waals surface area contributed by atoms with Gasteiger partial charge in [0, 0.05) is 24.7 Å². The third-order valence-electron chi connectivity index (χ3n) is 5.08. The number of imidazole rings is 1. The summed E-state index contributed by atoms with van der Waals surface area (Å²) in [6.45, 7) is 2.75. The number of hydrogen-bond acceptors (Lipinski definition) is 7. The van der Waals surface area contributed by atoms with E-state index in [4.69, 9.17) is 5.73 Å². The molecule has 0 aliphatic rings. The number of carbonyl (C=O) groups is 4. The lowest BCUT2D eigenvalue weighted by Crippen LogP contribution is -2.58. The lowest BCUT2D eigenvalue weighted by molar-refractivity contribution is -0.142. The van der Waals surface area contributed by atoms with Crippen molar-refractivity contribution in [1.82, 2.24) is 25.9 Å². The first-order valence-corrected chi connectivity index (χ1v) is 10.7. The Morgan fingerprint density at radius 2 is 1.62 bits per heavy atom. The van der Waals surface area contributed by atoms with Gasteiger partial charge in [-0.2, -0.15) is 0 Å². The lowest BCUT2D eigenvalue weighted by Gasteiger charge is -2.24. The molecule has 3 amide bonds. The van der Waals surface area contributed by atoms with Gasteiger partial charge in [0.05, 0.1) is 12.4 Å². The van der Waals surface area contributed by atoms with Crippen molar-refractivity contribution in [1.29, 1.82) is 0 Å². The summed E-state index contributed by atoms with van der Waals surface area (Å²) in [6, 6.07) is 4.21. The molecule has 0 bridgehead atoms. The van der Waals surface area contributed by atoms with Gasteiger partial charge < -0.3 is 36.9 Å². The number of carbonyl (C=O) groups excluding carboxylic acids is 3.